The van der Waals surface area contributed by atoms with Crippen molar-refractivity contribution in [2.24, 2.45) is 0 Å². The first-order valence-electron chi connectivity index (χ1n) is 9.72. The Balaban J connectivity index is 1.60. The summed E-state index contributed by atoms with van der Waals surface area (Å²) in [4.78, 5) is 24.9. The van der Waals surface area contributed by atoms with Crippen molar-refractivity contribution >= 4 is 11.9 Å². The third-order valence-corrected chi connectivity index (χ3v) is 4.79. The summed E-state index contributed by atoms with van der Waals surface area (Å²) in [5.74, 6) is -1.91. The summed E-state index contributed by atoms with van der Waals surface area (Å²) in [7, 11) is 1.23. The highest BCUT2D eigenvalue weighted by molar-refractivity contribution is 5.93. The van der Waals surface area contributed by atoms with Crippen LogP contribution >= 0.6 is 0 Å². The lowest BCUT2D eigenvalue weighted by Crippen LogP contribution is -2.14. The Labute approximate surface area is 182 Å². The maximum Gasteiger partial charge on any atom is 0.358 e. The molecule has 4 aromatic rings. The van der Waals surface area contributed by atoms with E-state index in [2.05, 4.69) is 10.2 Å². The van der Waals surface area contributed by atoms with E-state index >= 15 is 0 Å². The molecule has 2 aromatic heterocycles. The highest BCUT2D eigenvalue weighted by Crippen LogP contribution is 2.24. The Morgan fingerprint density at radius 3 is 2.47 bits per heavy atom. The van der Waals surface area contributed by atoms with Gasteiger partial charge in [0.25, 0.3) is 0 Å². The summed E-state index contributed by atoms with van der Waals surface area (Å²) in [6.45, 7) is 1.63. The van der Waals surface area contributed by atoms with Crippen LogP contribution in [-0.4, -0.2) is 38.6 Å². The van der Waals surface area contributed by atoms with Gasteiger partial charge in [-0.1, -0.05) is 24.3 Å². The number of hydrogen-bond acceptors (Lipinski definition) is 6. The fraction of sp³-hybridized carbons (Fsp3) is 0.130. The SMILES string of the molecule is COC(=O)c1cc(C(=O)O[C@@H](C)c2ccc(-n3cccn3)c(F)c2)n(-c2ccccc2)n1. The van der Waals surface area contributed by atoms with E-state index in [0.29, 0.717) is 11.3 Å². The lowest BCUT2D eigenvalue weighted by molar-refractivity contribution is 0.0326. The molecule has 0 fully saturated rings. The maximum absolute atomic E-state index is 14.6. The molecule has 2 heterocycles. The molecule has 0 aliphatic carbocycles. The highest BCUT2D eigenvalue weighted by atomic mass is 19.1. The number of rotatable bonds is 6. The summed E-state index contributed by atoms with van der Waals surface area (Å²) in [6.07, 6.45) is 2.42. The molecule has 9 heteroatoms. The van der Waals surface area contributed by atoms with Crippen molar-refractivity contribution in [3.8, 4) is 11.4 Å². The summed E-state index contributed by atoms with van der Waals surface area (Å²) in [5.41, 5.74) is 1.31. The molecule has 0 bridgehead atoms. The molecule has 162 valence electrons. The molecule has 2 aromatic carbocycles. The minimum Gasteiger partial charge on any atom is -0.464 e. The molecule has 1 atom stereocenters. The standard InChI is InChI=1S/C23H19FN4O4/c1-15(16-9-10-20(18(24)13-16)27-12-6-11-25-27)32-23(30)21-14-19(22(29)31-2)26-28(21)17-7-4-3-5-8-17/h3-15H,1-2H3/t15-/m0/s1. The van der Waals surface area contributed by atoms with Gasteiger partial charge in [-0.25, -0.2) is 23.3 Å². The normalized spacial score (nSPS) is 11.7. The first-order chi connectivity index (χ1) is 15.5. The number of methoxy groups -OCH3 is 1. The number of benzene rings is 2. The van der Waals surface area contributed by atoms with E-state index in [-0.39, 0.29) is 17.1 Å². The van der Waals surface area contributed by atoms with E-state index in [1.165, 1.54) is 28.6 Å². The largest absolute Gasteiger partial charge is 0.464 e. The third-order valence-electron chi connectivity index (χ3n) is 4.79. The zero-order chi connectivity index (χ0) is 22.7. The first kappa shape index (κ1) is 21.0. The fourth-order valence-corrected chi connectivity index (χ4v) is 3.16. The van der Waals surface area contributed by atoms with Crippen LogP contribution in [0, 0.1) is 5.82 Å². The van der Waals surface area contributed by atoms with Crippen molar-refractivity contribution in [1.82, 2.24) is 19.6 Å². The number of esters is 2. The molecule has 0 saturated heterocycles. The molecule has 0 aliphatic rings. The van der Waals surface area contributed by atoms with Gasteiger partial charge >= 0.3 is 11.9 Å². The van der Waals surface area contributed by atoms with Crippen molar-refractivity contribution in [2.75, 3.05) is 7.11 Å². The zero-order valence-corrected chi connectivity index (χ0v) is 17.3. The summed E-state index contributed by atoms with van der Waals surface area (Å²) >= 11 is 0. The number of carbonyl (C=O) groups excluding carboxylic acids is 2. The lowest BCUT2D eigenvalue weighted by Gasteiger charge is -2.15. The number of para-hydroxylation sites is 1. The van der Waals surface area contributed by atoms with Gasteiger partial charge in [0, 0.05) is 18.5 Å². The van der Waals surface area contributed by atoms with Gasteiger partial charge in [0.1, 0.15) is 17.6 Å². The molecular formula is C23H19FN4O4. The second-order valence-corrected chi connectivity index (χ2v) is 6.86. The molecule has 0 amide bonds. The predicted octanol–water partition coefficient (Wildman–Crippen LogP) is 3.90. The molecule has 0 aliphatic heterocycles. The Kier molecular flexibility index (Phi) is 5.80. The van der Waals surface area contributed by atoms with Gasteiger partial charge in [-0.15, -0.1) is 0 Å². The highest BCUT2D eigenvalue weighted by Gasteiger charge is 2.24. The first-order valence-corrected chi connectivity index (χ1v) is 9.72. The fourth-order valence-electron chi connectivity index (χ4n) is 3.16. The van der Waals surface area contributed by atoms with Gasteiger partial charge in [0.05, 0.1) is 12.8 Å². The lowest BCUT2D eigenvalue weighted by atomic mass is 10.1. The van der Waals surface area contributed by atoms with E-state index < -0.39 is 23.9 Å². The van der Waals surface area contributed by atoms with Crippen molar-refractivity contribution in [3.05, 3.63) is 95.8 Å². The van der Waals surface area contributed by atoms with Gasteiger partial charge < -0.3 is 9.47 Å². The van der Waals surface area contributed by atoms with Gasteiger partial charge in [-0.3, -0.25) is 0 Å². The van der Waals surface area contributed by atoms with Crippen LogP contribution in [0.15, 0.2) is 73.1 Å². The van der Waals surface area contributed by atoms with E-state index in [0.717, 1.165) is 0 Å². The van der Waals surface area contributed by atoms with E-state index in [9.17, 15) is 14.0 Å². The summed E-state index contributed by atoms with van der Waals surface area (Å²) in [5, 5.41) is 8.19. The molecule has 0 N–H and O–H groups in total. The van der Waals surface area contributed by atoms with Crippen molar-refractivity contribution in [3.63, 3.8) is 0 Å². The second-order valence-electron chi connectivity index (χ2n) is 6.86. The molecule has 0 unspecified atom stereocenters. The van der Waals surface area contributed by atoms with Crippen LogP contribution in [0.3, 0.4) is 0 Å². The third kappa shape index (κ3) is 4.13. The Morgan fingerprint density at radius 2 is 1.81 bits per heavy atom. The van der Waals surface area contributed by atoms with E-state index in [1.54, 1.807) is 61.8 Å². The average molecular weight is 434 g/mol. The molecule has 8 nitrogen and oxygen atoms in total. The van der Waals surface area contributed by atoms with Crippen molar-refractivity contribution < 1.29 is 23.5 Å². The minimum absolute atomic E-state index is 0.0365. The van der Waals surface area contributed by atoms with Crippen LogP contribution in [-0.2, 0) is 9.47 Å². The Morgan fingerprint density at radius 1 is 1.03 bits per heavy atom. The van der Waals surface area contributed by atoms with Crippen molar-refractivity contribution in [2.45, 2.75) is 13.0 Å². The van der Waals surface area contributed by atoms with E-state index in [4.69, 9.17) is 9.47 Å². The Hall–Kier alpha value is -4.27. The van der Waals surface area contributed by atoms with Crippen LogP contribution in [0.1, 0.15) is 39.6 Å². The van der Waals surface area contributed by atoms with Crippen LogP contribution in [0.5, 0.6) is 0 Å². The topological polar surface area (TPSA) is 88.2 Å². The van der Waals surface area contributed by atoms with Gasteiger partial charge in [0.2, 0.25) is 0 Å². The zero-order valence-electron chi connectivity index (χ0n) is 17.3. The van der Waals surface area contributed by atoms with Crippen LogP contribution < -0.4 is 0 Å². The average Bonchev–Trinajstić information content (AvgIpc) is 3.49. The molecule has 0 radical (unpaired) electrons. The monoisotopic (exact) mass is 434 g/mol. The number of halogens is 1. The number of carbonyl (C=O) groups is 2. The predicted molar refractivity (Wildman–Crippen MR) is 112 cm³/mol. The number of ether oxygens (including phenoxy) is 2. The number of hydrogen-bond donors (Lipinski definition) is 0. The van der Waals surface area contributed by atoms with Crippen molar-refractivity contribution in [1.29, 1.82) is 0 Å². The van der Waals surface area contributed by atoms with Crippen LogP contribution in [0.2, 0.25) is 0 Å². The molecular weight excluding hydrogens is 415 g/mol. The van der Waals surface area contributed by atoms with E-state index in [1.807, 2.05) is 6.07 Å². The quantitative estimate of drug-likeness (QED) is 0.428. The molecule has 4 rings (SSSR count). The van der Waals surface area contributed by atoms with Crippen LogP contribution in [0.25, 0.3) is 11.4 Å². The van der Waals surface area contributed by atoms with Gasteiger partial charge in [0.15, 0.2) is 11.4 Å². The molecule has 0 saturated carbocycles. The smallest absolute Gasteiger partial charge is 0.358 e. The molecule has 32 heavy (non-hydrogen) atoms. The van der Waals surface area contributed by atoms with Gasteiger partial charge in [-0.2, -0.15) is 10.2 Å². The van der Waals surface area contributed by atoms with Gasteiger partial charge in [-0.05, 0) is 42.8 Å². The van der Waals surface area contributed by atoms with Crippen LogP contribution in [0.4, 0.5) is 4.39 Å². The maximum atomic E-state index is 14.6. The number of aromatic nitrogens is 4. The second kappa shape index (κ2) is 8.84. The Bertz CT molecular complexity index is 1250. The number of nitrogens with zero attached hydrogens (tertiary/aromatic N) is 4. The summed E-state index contributed by atoms with van der Waals surface area (Å²) in [6, 6.07) is 16.3. The minimum atomic E-state index is -0.760. The molecule has 0 spiro atoms. The summed E-state index contributed by atoms with van der Waals surface area (Å²) < 4.78 is 27.6.